The molecular formula is C18H30N4O10. The standard InChI is InChI=1S/C18H30N4O10/c1-7(2)13(18(31)32)21-16(29)10(6-12(26)27)20-17(30)14(8(3)23)22-15(28)9(19)4-5-11(24)25/h7-10,13-14,23H,4-6,19H2,1-3H3,(H,20,30)(H,21,29)(H,22,28)(H,24,25)(H,26,27)(H,31,32)/t8-,9+,10+,13+,14+/m1/s1. The van der Waals surface area contributed by atoms with Crippen molar-refractivity contribution >= 4 is 35.6 Å². The molecular weight excluding hydrogens is 432 g/mol. The van der Waals surface area contributed by atoms with Gasteiger partial charge in [0.25, 0.3) is 0 Å². The molecule has 0 heterocycles. The van der Waals surface area contributed by atoms with Crippen molar-refractivity contribution in [2.75, 3.05) is 0 Å². The minimum Gasteiger partial charge on any atom is -0.481 e. The van der Waals surface area contributed by atoms with Crippen LogP contribution >= 0.6 is 0 Å². The number of nitrogens with one attached hydrogen (secondary N) is 3. The number of nitrogens with two attached hydrogens (primary N) is 1. The first kappa shape index (κ1) is 28.7. The molecule has 0 rings (SSSR count). The second-order valence-electron chi connectivity index (χ2n) is 7.49. The van der Waals surface area contributed by atoms with Gasteiger partial charge in [-0.15, -0.1) is 0 Å². The number of carbonyl (C=O) groups excluding carboxylic acids is 3. The SMILES string of the molecule is CC(C)[C@H](NC(=O)[C@H](CC(=O)O)NC(=O)[C@@H](NC(=O)[C@@H](N)CCC(=O)O)[C@@H](C)O)C(=O)O. The normalized spacial score (nSPS) is 15.6. The number of aliphatic carboxylic acids is 3. The van der Waals surface area contributed by atoms with Gasteiger partial charge in [-0.05, 0) is 19.3 Å². The molecule has 0 aromatic heterocycles. The van der Waals surface area contributed by atoms with Crippen LogP contribution in [0.25, 0.3) is 0 Å². The first-order valence-corrected chi connectivity index (χ1v) is 9.68. The molecule has 0 radical (unpaired) electrons. The first-order chi connectivity index (χ1) is 14.7. The first-order valence-electron chi connectivity index (χ1n) is 9.68. The van der Waals surface area contributed by atoms with Crippen LogP contribution in [0, 0.1) is 5.92 Å². The highest BCUT2D eigenvalue weighted by molar-refractivity contribution is 5.95. The molecule has 9 N–H and O–H groups in total. The predicted octanol–water partition coefficient (Wildman–Crippen LogP) is -2.77. The fourth-order valence-electron chi connectivity index (χ4n) is 2.49. The summed E-state index contributed by atoms with van der Waals surface area (Å²) in [7, 11) is 0. The third-order valence-electron chi connectivity index (χ3n) is 4.31. The van der Waals surface area contributed by atoms with Crippen LogP contribution in [0.4, 0.5) is 0 Å². The van der Waals surface area contributed by atoms with Crippen molar-refractivity contribution in [1.29, 1.82) is 0 Å². The van der Waals surface area contributed by atoms with Crippen LogP contribution in [0.3, 0.4) is 0 Å². The maximum absolute atomic E-state index is 12.5. The van der Waals surface area contributed by atoms with Crippen LogP contribution in [0.15, 0.2) is 0 Å². The number of carbonyl (C=O) groups is 6. The molecule has 0 bridgehead atoms. The van der Waals surface area contributed by atoms with Crippen LogP contribution in [0.5, 0.6) is 0 Å². The second-order valence-corrected chi connectivity index (χ2v) is 7.49. The zero-order valence-corrected chi connectivity index (χ0v) is 17.9. The third kappa shape index (κ3) is 10.2. The Morgan fingerprint density at radius 3 is 1.72 bits per heavy atom. The molecule has 0 spiro atoms. The van der Waals surface area contributed by atoms with Gasteiger partial charge in [0.1, 0.15) is 18.1 Å². The predicted molar refractivity (Wildman–Crippen MR) is 107 cm³/mol. The zero-order chi connectivity index (χ0) is 25.2. The molecule has 5 atom stereocenters. The average molecular weight is 462 g/mol. The van der Waals surface area contributed by atoms with E-state index in [-0.39, 0.29) is 6.42 Å². The van der Waals surface area contributed by atoms with Gasteiger partial charge in [0, 0.05) is 6.42 Å². The maximum atomic E-state index is 12.5. The van der Waals surface area contributed by atoms with Crippen molar-refractivity contribution in [1.82, 2.24) is 16.0 Å². The number of hydrogen-bond acceptors (Lipinski definition) is 8. The lowest BCUT2D eigenvalue weighted by Gasteiger charge is -2.26. The molecule has 0 aliphatic rings. The Bertz CT molecular complexity index is 725. The quantitative estimate of drug-likeness (QED) is 0.131. The lowest BCUT2D eigenvalue weighted by Crippen LogP contribution is -2.60. The van der Waals surface area contributed by atoms with Gasteiger partial charge in [-0.25, -0.2) is 4.79 Å². The molecule has 0 aliphatic carbocycles. The number of hydrogen-bond donors (Lipinski definition) is 8. The number of aliphatic hydroxyl groups is 1. The Kier molecular flexibility index (Phi) is 11.9. The number of carboxylic acids is 3. The molecule has 182 valence electrons. The molecule has 14 heteroatoms. The molecule has 3 amide bonds. The van der Waals surface area contributed by atoms with E-state index in [0.29, 0.717) is 0 Å². The summed E-state index contributed by atoms with van der Waals surface area (Å²) in [6.07, 6.45) is -3.06. The van der Waals surface area contributed by atoms with Crippen molar-refractivity contribution in [2.45, 2.75) is 70.3 Å². The largest absolute Gasteiger partial charge is 0.481 e. The van der Waals surface area contributed by atoms with Crippen LogP contribution in [0.2, 0.25) is 0 Å². The number of rotatable bonds is 14. The topological polar surface area (TPSA) is 245 Å². The van der Waals surface area contributed by atoms with Crippen molar-refractivity contribution in [3.63, 3.8) is 0 Å². The molecule has 0 saturated heterocycles. The van der Waals surface area contributed by atoms with Gasteiger partial charge in [-0.1, -0.05) is 13.8 Å². The van der Waals surface area contributed by atoms with Crippen LogP contribution in [0.1, 0.15) is 40.0 Å². The molecule has 0 aliphatic heterocycles. The van der Waals surface area contributed by atoms with Gasteiger partial charge >= 0.3 is 17.9 Å². The average Bonchev–Trinajstić information content (AvgIpc) is 2.65. The Morgan fingerprint density at radius 2 is 1.31 bits per heavy atom. The summed E-state index contributed by atoms with van der Waals surface area (Å²) in [4.78, 5) is 70.1. The third-order valence-corrected chi connectivity index (χ3v) is 4.31. The smallest absolute Gasteiger partial charge is 0.326 e. The maximum Gasteiger partial charge on any atom is 0.326 e. The molecule has 0 aromatic rings. The zero-order valence-electron chi connectivity index (χ0n) is 17.9. The number of carboxylic acid groups (broad SMARTS) is 3. The Hall–Kier alpha value is -3.26. The Morgan fingerprint density at radius 1 is 0.781 bits per heavy atom. The van der Waals surface area contributed by atoms with Crippen molar-refractivity contribution in [3.8, 4) is 0 Å². The Balaban J connectivity index is 5.41. The van der Waals surface area contributed by atoms with E-state index in [1.165, 1.54) is 13.8 Å². The highest BCUT2D eigenvalue weighted by Crippen LogP contribution is 2.05. The van der Waals surface area contributed by atoms with E-state index >= 15 is 0 Å². The lowest BCUT2D eigenvalue weighted by atomic mass is 10.0. The minimum atomic E-state index is -1.71. The molecule has 32 heavy (non-hydrogen) atoms. The van der Waals surface area contributed by atoms with Crippen molar-refractivity contribution in [2.24, 2.45) is 11.7 Å². The molecule has 0 saturated carbocycles. The van der Waals surface area contributed by atoms with Crippen LogP contribution < -0.4 is 21.7 Å². The second kappa shape index (κ2) is 13.2. The van der Waals surface area contributed by atoms with Crippen molar-refractivity contribution in [3.05, 3.63) is 0 Å². The van der Waals surface area contributed by atoms with Crippen LogP contribution in [-0.4, -0.2) is 86.3 Å². The van der Waals surface area contributed by atoms with E-state index in [9.17, 15) is 39.0 Å². The summed E-state index contributed by atoms with van der Waals surface area (Å²) in [5, 5.41) is 43.0. The molecule has 14 nitrogen and oxygen atoms in total. The van der Waals surface area contributed by atoms with Crippen LogP contribution in [-0.2, 0) is 28.8 Å². The van der Waals surface area contributed by atoms with Crippen molar-refractivity contribution < 1.29 is 49.2 Å². The van der Waals surface area contributed by atoms with Gasteiger partial charge in [0.15, 0.2) is 0 Å². The lowest BCUT2D eigenvalue weighted by molar-refractivity contribution is -0.145. The summed E-state index contributed by atoms with van der Waals surface area (Å²) in [6, 6.07) is -6.02. The number of aliphatic hydroxyl groups excluding tert-OH is 1. The number of amides is 3. The fraction of sp³-hybridized carbons (Fsp3) is 0.667. The fourth-order valence-corrected chi connectivity index (χ4v) is 2.49. The molecule has 0 aromatic carbocycles. The monoisotopic (exact) mass is 462 g/mol. The van der Waals surface area contributed by atoms with E-state index in [4.69, 9.17) is 15.9 Å². The highest BCUT2D eigenvalue weighted by atomic mass is 16.4. The van der Waals surface area contributed by atoms with Gasteiger partial charge in [-0.3, -0.25) is 24.0 Å². The van der Waals surface area contributed by atoms with Gasteiger partial charge in [0.05, 0.1) is 18.6 Å². The summed E-state index contributed by atoms with van der Waals surface area (Å²) in [6.45, 7) is 4.16. The summed E-state index contributed by atoms with van der Waals surface area (Å²) >= 11 is 0. The van der Waals surface area contributed by atoms with Gasteiger partial charge < -0.3 is 42.1 Å². The van der Waals surface area contributed by atoms with E-state index in [1.54, 1.807) is 0 Å². The summed E-state index contributed by atoms with van der Waals surface area (Å²) in [5.74, 6) is -7.74. The highest BCUT2D eigenvalue weighted by Gasteiger charge is 2.34. The van der Waals surface area contributed by atoms with E-state index in [1.807, 2.05) is 0 Å². The van der Waals surface area contributed by atoms with Gasteiger partial charge in [0.2, 0.25) is 17.7 Å². The van der Waals surface area contributed by atoms with Gasteiger partial charge in [-0.2, -0.15) is 0 Å². The Labute approximate surface area is 183 Å². The summed E-state index contributed by atoms with van der Waals surface area (Å²) < 4.78 is 0. The molecule has 0 fully saturated rings. The molecule has 0 unspecified atom stereocenters. The summed E-state index contributed by atoms with van der Waals surface area (Å²) in [5.41, 5.74) is 5.55. The van der Waals surface area contributed by atoms with E-state index < -0.39 is 84.7 Å². The van der Waals surface area contributed by atoms with E-state index in [0.717, 1.165) is 6.92 Å². The van der Waals surface area contributed by atoms with E-state index in [2.05, 4.69) is 16.0 Å². The minimum absolute atomic E-state index is 0.245.